The molecule has 0 spiro atoms. The molecule has 2 N–H and O–H groups in total. The van der Waals surface area contributed by atoms with Crippen LogP contribution in [0.1, 0.15) is 18.7 Å². The first kappa shape index (κ1) is 6.75. The van der Waals surface area contributed by atoms with Gasteiger partial charge in [-0.2, -0.15) is 5.10 Å². The van der Waals surface area contributed by atoms with Crippen LogP contribution in [0.25, 0.3) is 4.96 Å². The van der Waals surface area contributed by atoms with E-state index in [0.717, 1.165) is 10.7 Å². The number of hydrogen-bond acceptors (Lipinski definition) is 4. The van der Waals surface area contributed by atoms with Crippen LogP contribution in [-0.2, 0) is 0 Å². The van der Waals surface area contributed by atoms with E-state index in [1.807, 2.05) is 13.1 Å². The minimum absolute atomic E-state index is 0.0103. The first-order valence-corrected chi connectivity index (χ1v) is 4.19. The molecule has 0 amide bonds. The van der Waals surface area contributed by atoms with Gasteiger partial charge in [0.05, 0.1) is 11.9 Å². The fourth-order valence-corrected chi connectivity index (χ4v) is 1.48. The Kier molecular flexibility index (Phi) is 1.40. The molecule has 5 heteroatoms. The highest BCUT2D eigenvalue weighted by Crippen LogP contribution is 2.12. The minimum atomic E-state index is -0.0103. The smallest absolute Gasteiger partial charge is 0.212 e. The molecular weight excluding hydrogens is 160 g/mol. The quantitative estimate of drug-likeness (QED) is 0.685. The molecule has 2 rings (SSSR count). The zero-order valence-corrected chi connectivity index (χ0v) is 6.88. The summed E-state index contributed by atoms with van der Waals surface area (Å²) >= 11 is 1.51. The third-order valence-electron chi connectivity index (χ3n) is 1.47. The fourth-order valence-electron chi connectivity index (χ4n) is 0.875. The molecule has 0 aromatic carbocycles. The summed E-state index contributed by atoms with van der Waals surface area (Å²) in [6.45, 7) is 1.91. The second kappa shape index (κ2) is 2.28. The summed E-state index contributed by atoms with van der Waals surface area (Å²) < 4.78 is 1.74. The van der Waals surface area contributed by atoms with Gasteiger partial charge in [-0.05, 0) is 6.92 Å². The number of aromatic nitrogens is 3. The Morgan fingerprint density at radius 2 is 2.55 bits per heavy atom. The topological polar surface area (TPSA) is 56.2 Å². The van der Waals surface area contributed by atoms with Crippen molar-refractivity contribution in [1.82, 2.24) is 14.6 Å². The van der Waals surface area contributed by atoms with Gasteiger partial charge in [0.25, 0.3) is 0 Å². The van der Waals surface area contributed by atoms with E-state index in [0.29, 0.717) is 0 Å². The molecule has 58 valence electrons. The van der Waals surface area contributed by atoms with Crippen LogP contribution in [0.15, 0.2) is 11.7 Å². The molecule has 0 aliphatic heterocycles. The van der Waals surface area contributed by atoms with Gasteiger partial charge < -0.3 is 5.73 Å². The van der Waals surface area contributed by atoms with Gasteiger partial charge in [0, 0.05) is 6.04 Å². The van der Waals surface area contributed by atoms with Gasteiger partial charge in [0.1, 0.15) is 5.51 Å². The SMILES string of the molecule is C[C@@H](N)c1cn2ncsc2n1. The Labute approximate surface area is 67.7 Å². The largest absolute Gasteiger partial charge is 0.323 e. The summed E-state index contributed by atoms with van der Waals surface area (Å²) in [5, 5.41) is 4.04. The van der Waals surface area contributed by atoms with E-state index in [4.69, 9.17) is 5.73 Å². The third kappa shape index (κ3) is 1.02. The predicted molar refractivity (Wildman–Crippen MR) is 43.5 cm³/mol. The lowest BCUT2D eigenvalue weighted by atomic mass is 10.3. The normalized spacial score (nSPS) is 14.0. The standard InChI is InChI=1S/C6H8N4S/c1-4(7)5-2-10-6(9-5)11-3-8-10/h2-4H,7H2,1H3/t4-/m1/s1. The van der Waals surface area contributed by atoms with Crippen molar-refractivity contribution in [2.75, 3.05) is 0 Å². The average Bonchev–Trinajstić information content (AvgIpc) is 2.40. The summed E-state index contributed by atoms with van der Waals surface area (Å²) in [5.74, 6) is 0. The van der Waals surface area contributed by atoms with Gasteiger partial charge in [-0.1, -0.05) is 11.3 Å². The number of hydrogen-bond donors (Lipinski definition) is 1. The predicted octanol–water partition coefficient (Wildman–Crippen LogP) is 0.810. The molecule has 0 saturated carbocycles. The van der Waals surface area contributed by atoms with E-state index in [9.17, 15) is 0 Å². The average molecular weight is 168 g/mol. The van der Waals surface area contributed by atoms with Crippen LogP contribution in [-0.4, -0.2) is 14.6 Å². The van der Waals surface area contributed by atoms with Gasteiger partial charge >= 0.3 is 0 Å². The Hall–Kier alpha value is -0.940. The molecule has 4 nitrogen and oxygen atoms in total. The van der Waals surface area contributed by atoms with Crippen LogP contribution in [0.3, 0.4) is 0 Å². The van der Waals surface area contributed by atoms with E-state index in [-0.39, 0.29) is 6.04 Å². The maximum absolute atomic E-state index is 5.64. The van der Waals surface area contributed by atoms with Crippen molar-refractivity contribution in [1.29, 1.82) is 0 Å². The van der Waals surface area contributed by atoms with Crippen LogP contribution < -0.4 is 5.73 Å². The van der Waals surface area contributed by atoms with E-state index < -0.39 is 0 Å². The highest BCUT2D eigenvalue weighted by atomic mass is 32.1. The maximum Gasteiger partial charge on any atom is 0.212 e. The summed E-state index contributed by atoms with van der Waals surface area (Å²) in [5.41, 5.74) is 8.29. The summed E-state index contributed by atoms with van der Waals surface area (Å²) in [7, 11) is 0. The number of imidazole rings is 1. The maximum atomic E-state index is 5.64. The van der Waals surface area contributed by atoms with Crippen molar-refractivity contribution >= 4 is 16.3 Å². The third-order valence-corrected chi connectivity index (χ3v) is 2.16. The second-order valence-electron chi connectivity index (χ2n) is 2.42. The molecule has 2 aromatic rings. The molecule has 0 fully saturated rings. The van der Waals surface area contributed by atoms with Crippen molar-refractivity contribution in [3.8, 4) is 0 Å². The van der Waals surface area contributed by atoms with Crippen molar-refractivity contribution in [3.63, 3.8) is 0 Å². The van der Waals surface area contributed by atoms with Crippen LogP contribution in [0.5, 0.6) is 0 Å². The van der Waals surface area contributed by atoms with Crippen molar-refractivity contribution < 1.29 is 0 Å². The van der Waals surface area contributed by atoms with Gasteiger partial charge in [-0.25, -0.2) is 9.50 Å². The number of fused-ring (bicyclic) bond motifs is 1. The zero-order chi connectivity index (χ0) is 7.84. The van der Waals surface area contributed by atoms with Gasteiger partial charge in [0.2, 0.25) is 4.96 Å². The Balaban J connectivity index is 2.58. The zero-order valence-electron chi connectivity index (χ0n) is 6.06. The van der Waals surface area contributed by atoms with Crippen molar-refractivity contribution in [2.24, 2.45) is 5.73 Å². The van der Waals surface area contributed by atoms with Gasteiger partial charge in [-0.3, -0.25) is 0 Å². The molecular formula is C6H8N4S. The molecule has 1 atom stereocenters. The van der Waals surface area contributed by atoms with E-state index in [1.165, 1.54) is 11.3 Å². The Bertz CT molecular complexity index is 333. The van der Waals surface area contributed by atoms with Crippen LogP contribution in [0, 0.1) is 0 Å². The molecule has 0 aliphatic rings. The summed E-state index contributed by atoms with van der Waals surface area (Å²) in [4.78, 5) is 5.17. The molecule has 0 bridgehead atoms. The molecule has 0 unspecified atom stereocenters. The second-order valence-corrected chi connectivity index (χ2v) is 3.23. The molecule has 2 heterocycles. The first-order valence-electron chi connectivity index (χ1n) is 3.32. The van der Waals surface area contributed by atoms with Gasteiger partial charge in [-0.15, -0.1) is 0 Å². The van der Waals surface area contributed by atoms with Crippen molar-refractivity contribution in [3.05, 3.63) is 17.4 Å². The summed E-state index contributed by atoms with van der Waals surface area (Å²) in [6, 6.07) is -0.0103. The Morgan fingerprint density at radius 1 is 1.73 bits per heavy atom. The monoisotopic (exact) mass is 168 g/mol. The molecule has 11 heavy (non-hydrogen) atoms. The van der Waals surface area contributed by atoms with Crippen molar-refractivity contribution in [2.45, 2.75) is 13.0 Å². The molecule has 0 radical (unpaired) electrons. The van der Waals surface area contributed by atoms with Gasteiger partial charge in [0.15, 0.2) is 0 Å². The molecule has 2 aromatic heterocycles. The summed E-state index contributed by atoms with van der Waals surface area (Å²) in [6.07, 6.45) is 1.86. The first-order chi connectivity index (χ1) is 5.27. The number of nitrogens with two attached hydrogens (primary N) is 1. The molecule has 0 saturated heterocycles. The lowest BCUT2D eigenvalue weighted by molar-refractivity contribution is 0.787. The lowest BCUT2D eigenvalue weighted by Gasteiger charge is -1.95. The van der Waals surface area contributed by atoms with Crippen LogP contribution >= 0.6 is 11.3 Å². The minimum Gasteiger partial charge on any atom is -0.323 e. The number of nitrogens with zero attached hydrogens (tertiary/aromatic N) is 3. The highest BCUT2D eigenvalue weighted by Gasteiger charge is 2.05. The van der Waals surface area contributed by atoms with E-state index >= 15 is 0 Å². The fraction of sp³-hybridized carbons (Fsp3) is 0.333. The van der Waals surface area contributed by atoms with E-state index in [1.54, 1.807) is 10.0 Å². The lowest BCUT2D eigenvalue weighted by Crippen LogP contribution is -2.04. The van der Waals surface area contributed by atoms with E-state index in [2.05, 4.69) is 10.1 Å². The molecule has 0 aliphatic carbocycles. The van der Waals surface area contributed by atoms with Crippen LogP contribution in [0.4, 0.5) is 0 Å². The van der Waals surface area contributed by atoms with Crippen LogP contribution in [0.2, 0.25) is 0 Å². The highest BCUT2D eigenvalue weighted by molar-refractivity contribution is 7.14. The number of rotatable bonds is 1. The Morgan fingerprint density at radius 3 is 3.18 bits per heavy atom.